The van der Waals surface area contributed by atoms with Crippen LogP contribution in [0.2, 0.25) is 0 Å². The Morgan fingerprint density at radius 2 is 2.11 bits per heavy atom. The maximum atomic E-state index is 13.3. The number of aromatic nitrogens is 1. The first-order chi connectivity index (χ1) is 8.40. The predicted molar refractivity (Wildman–Crippen MR) is 69.3 cm³/mol. The average molecular weight is 265 g/mol. The molecular weight excluding hydrogens is 253 g/mol. The molecule has 1 heterocycles. The summed E-state index contributed by atoms with van der Waals surface area (Å²) in [4.78, 5) is 16.0. The van der Waals surface area contributed by atoms with Crippen molar-refractivity contribution in [3.63, 3.8) is 0 Å². The van der Waals surface area contributed by atoms with E-state index in [1.807, 2.05) is 0 Å². The molecule has 2 rings (SSSR count). The minimum Gasteiger partial charge on any atom is -0.480 e. The molecule has 1 N–H and O–H groups in total. The molecule has 94 valence electrons. The molecule has 0 amide bonds. The van der Waals surface area contributed by atoms with Gasteiger partial charge in [0.25, 0.3) is 0 Å². The van der Waals surface area contributed by atoms with Crippen molar-refractivity contribution in [2.45, 2.75) is 23.5 Å². The van der Waals surface area contributed by atoms with E-state index in [1.165, 1.54) is 23.9 Å². The molecule has 1 aromatic carbocycles. The number of rotatable bonds is 3. The molecule has 0 saturated heterocycles. The Morgan fingerprint density at radius 3 is 2.78 bits per heavy atom. The SMILES string of the molecule is CC(C)(Sc1ccnc2ccc(F)cc12)C(=O)O. The highest BCUT2D eigenvalue weighted by molar-refractivity contribution is 8.01. The first kappa shape index (κ1) is 12.8. The normalized spacial score (nSPS) is 11.7. The first-order valence-corrected chi connectivity index (χ1v) is 6.18. The zero-order chi connectivity index (χ0) is 13.3. The molecule has 0 bridgehead atoms. The minimum absolute atomic E-state index is 0.356. The Bertz CT molecular complexity index is 613. The summed E-state index contributed by atoms with van der Waals surface area (Å²) in [5, 5.41) is 9.75. The molecule has 0 spiro atoms. The molecule has 0 unspecified atom stereocenters. The number of aliphatic carboxylic acids is 1. The fourth-order valence-corrected chi connectivity index (χ4v) is 2.54. The molecule has 0 radical (unpaired) electrons. The van der Waals surface area contributed by atoms with Gasteiger partial charge in [0.2, 0.25) is 0 Å². The fraction of sp³-hybridized carbons (Fsp3) is 0.231. The van der Waals surface area contributed by atoms with Crippen LogP contribution < -0.4 is 0 Å². The van der Waals surface area contributed by atoms with Crippen LogP contribution in [-0.2, 0) is 4.79 Å². The van der Waals surface area contributed by atoms with Crippen molar-refractivity contribution >= 4 is 28.6 Å². The molecular formula is C13H12FNO2S. The number of fused-ring (bicyclic) bond motifs is 1. The van der Waals surface area contributed by atoms with Crippen LogP contribution in [0.4, 0.5) is 4.39 Å². The van der Waals surface area contributed by atoms with Gasteiger partial charge in [-0.1, -0.05) is 0 Å². The quantitative estimate of drug-likeness (QED) is 0.865. The van der Waals surface area contributed by atoms with Crippen LogP contribution in [0.25, 0.3) is 10.9 Å². The van der Waals surface area contributed by atoms with Crippen LogP contribution in [0, 0.1) is 5.82 Å². The van der Waals surface area contributed by atoms with E-state index in [0.717, 1.165) is 0 Å². The summed E-state index contributed by atoms with van der Waals surface area (Å²) >= 11 is 1.19. The zero-order valence-corrected chi connectivity index (χ0v) is 10.8. The van der Waals surface area contributed by atoms with E-state index in [9.17, 15) is 9.18 Å². The lowest BCUT2D eigenvalue weighted by Gasteiger charge is -2.19. The lowest BCUT2D eigenvalue weighted by Crippen LogP contribution is -2.26. The van der Waals surface area contributed by atoms with Gasteiger partial charge in [0.1, 0.15) is 10.6 Å². The zero-order valence-electron chi connectivity index (χ0n) is 9.98. The Balaban J connectivity index is 2.51. The molecule has 0 atom stereocenters. The van der Waals surface area contributed by atoms with E-state index in [2.05, 4.69) is 4.98 Å². The van der Waals surface area contributed by atoms with E-state index in [-0.39, 0.29) is 5.82 Å². The van der Waals surface area contributed by atoms with Gasteiger partial charge in [0.05, 0.1) is 5.52 Å². The van der Waals surface area contributed by atoms with Gasteiger partial charge >= 0.3 is 5.97 Å². The van der Waals surface area contributed by atoms with Crippen LogP contribution in [0.3, 0.4) is 0 Å². The standard InChI is InChI=1S/C13H12FNO2S/c1-13(2,12(16)17)18-11-5-6-15-10-4-3-8(14)7-9(10)11/h3-7H,1-2H3,(H,16,17). The monoisotopic (exact) mass is 265 g/mol. The van der Waals surface area contributed by atoms with E-state index in [1.54, 1.807) is 32.2 Å². The summed E-state index contributed by atoms with van der Waals surface area (Å²) in [7, 11) is 0. The molecule has 0 saturated carbocycles. The smallest absolute Gasteiger partial charge is 0.319 e. The van der Waals surface area contributed by atoms with Gasteiger partial charge in [-0.3, -0.25) is 9.78 Å². The van der Waals surface area contributed by atoms with Crippen LogP contribution in [0.1, 0.15) is 13.8 Å². The van der Waals surface area contributed by atoms with E-state index >= 15 is 0 Å². The van der Waals surface area contributed by atoms with Crippen molar-refractivity contribution < 1.29 is 14.3 Å². The summed E-state index contributed by atoms with van der Waals surface area (Å²) in [6.07, 6.45) is 1.60. The van der Waals surface area contributed by atoms with Crippen LogP contribution >= 0.6 is 11.8 Å². The largest absolute Gasteiger partial charge is 0.480 e. The van der Waals surface area contributed by atoms with Crippen LogP contribution in [-0.4, -0.2) is 20.8 Å². The van der Waals surface area contributed by atoms with Gasteiger partial charge < -0.3 is 5.11 Å². The number of carboxylic acids is 1. The number of hydrogen-bond donors (Lipinski definition) is 1. The minimum atomic E-state index is -0.972. The third kappa shape index (κ3) is 2.46. The van der Waals surface area contributed by atoms with Crippen molar-refractivity contribution in [3.05, 3.63) is 36.3 Å². The molecule has 0 fully saturated rings. The van der Waals surface area contributed by atoms with Crippen molar-refractivity contribution in [2.75, 3.05) is 0 Å². The summed E-state index contributed by atoms with van der Waals surface area (Å²) in [5.41, 5.74) is 0.655. The topological polar surface area (TPSA) is 50.2 Å². The first-order valence-electron chi connectivity index (χ1n) is 5.37. The van der Waals surface area contributed by atoms with Gasteiger partial charge in [0, 0.05) is 16.5 Å². The Hall–Kier alpha value is -1.62. The summed E-state index contributed by atoms with van der Waals surface area (Å²) < 4.78 is 12.3. The van der Waals surface area contributed by atoms with Crippen LogP contribution in [0.15, 0.2) is 35.4 Å². The molecule has 2 aromatic rings. The molecule has 3 nitrogen and oxygen atoms in total. The van der Waals surface area contributed by atoms with Crippen molar-refractivity contribution in [1.82, 2.24) is 4.98 Å². The number of thioether (sulfide) groups is 1. The Labute approximate surface area is 108 Å². The number of halogens is 1. The maximum Gasteiger partial charge on any atom is 0.319 e. The second-order valence-electron chi connectivity index (χ2n) is 4.39. The number of pyridine rings is 1. The molecule has 0 aliphatic rings. The summed E-state index contributed by atoms with van der Waals surface area (Å²) in [6, 6.07) is 6.01. The second kappa shape index (κ2) is 4.57. The molecule has 18 heavy (non-hydrogen) atoms. The van der Waals surface area contributed by atoms with E-state index in [4.69, 9.17) is 5.11 Å². The predicted octanol–water partition coefficient (Wildman–Crippen LogP) is 3.33. The van der Waals surface area contributed by atoms with E-state index < -0.39 is 10.7 Å². The van der Waals surface area contributed by atoms with Gasteiger partial charge in [-0.25, -0.2) is 4.39 Å². The molecule has 5 heteroatoms. The third-order valence-corrected chi connectivity index (χ3v) is 3.80. The lowest BCUT2D eigenvalue weighted by atomic mass is 10.2. The lowest BCUT2D eigenvalue weighted by molar-refractivity contribution is -0.138. The highest BCUT2D eigenvalue weighted by atomic mass is 32.2. The Kier molecular flexibility index (Phi) is 3.26. The molecule has 1 aromatic heterocycles. The number of benzene rings is 1. The highest BCUT2D eigenvalue weighted by Crippen LogP contribution is 2.36. The number of carboxylic acid groups (broad SMARTS) is 1. The van der Waals surface area contributed by atoms with Gasteiger partial charge in [0.15, 0.2) is 0 Å². The maximum absolute atomic E-state index is 13.3. The number of nitrogens with zero attached hydrogens (tertiary/aromatic N) is 1. The molecule has 0 aliphatic heterocycles. The summed E-state index contributed by atoms with van der Waals surface area (Å²) in [5.74, 6) is -1.26. The van der Waals surface area contributed by atoms with Crippen molar-refractivity contribution in [1.29, 1.82) is 0 Å². The van der Waals surface area contributed by atoms with Crippen LogP contribution in [0.5, 0.6) is 0 Å². The third-order valence-electron chi connectivity index (χ3n) is 2.54. The van der Waals surface area contributed by atoms with Crippen molar-refractivity contribution in [2.24, 2.45) is 0 Å². The average Bonchev–Trinajstić information content (AvgIpc) is 2.29. The van der Waals surface area contributed by atoms with Gasteiger partial charge in [-0.05, 0) is 38.1 Å². The van der Waals surface area contributed by atoms with Gasteiger partial charge in [-0.15, -0.1) is 11.8 Å². The van der Waals surface area contributed by atoms with Gasteiger partial charge in [-0.2, -0.15) is 0 Å². The highest BCUT2D eigenvalue weighted by Gasteiger charge is 2.29. The number of hydrogen-bond acceptors (Lipinski definition) is 3. The fourth-order valence-electron chi connectivity index (χ4n) is 1.50. The van der Waals surface area contributed by atoms with E-state index in [0.29, 0.717) is 15.8 Å². The van der Waals surface area contributed by atoms with Crippen molar-refractivity contribution in [3.8, 4) is 0 Å². The Morgan fingerprint density at radius 1 is 1.39 bits per heavy atom. The second-order valence-corrected chi connectivity index (χ2v) is 6.05. The number of carbonyl (C=O) groups is 1. The summed E-state index contributed by atoms with van der Waals surface area (Å²) in [6.45, 7) is 3.23. The molecule has 0 aliphatic carbocycles.